The van der Waals surface area contributed by atoms with E-state index >= 15 is 0 Å². The van der Waals surface area contributed by atoms with Crippen molar-refractivity contribution in [2.24, 2.45) is 0 Å². The highest BCUT2D eigenvalue weighted by atomic mass is 32.2. The summed E-state index contributed by atoms with van der Waals surface area (Å²) in [7, 11) is -3.45. The molecule has 0 saturated heterocycles. The summed E-state index contributed by atoms with van der Waals surface area (Å²) in [5.74, 6) is 0.0996. The molecule has 1 aliphatic heterocycles. The molecule has 1 amide bonds. The van der Waals surface area contributed by atoms with E-state index in [0.717, 1.165) is 24.2 Å². The first kappa shape index (κ1) is 21.5. The Labute approximate surface area is 173 Å². The number of benzene rings is 2. The van der Waals surface area contributed by atoms with Crippen LogP contribution in [0.4, 0.5) is 5.69 Å². The fourth-order valence-electron chi connectivity index (χ4n) is 3.78. The molecule has 0 aliphatic carbocycles. The molecule has 0 unspecified atom stereocenters. The maximum absolute atomic E-state index is 12.7. The zero-order valence-electron chi connectivity index (χ0n) is 17.3. The lowest BCUT2D eigenvalue weighted by atomic mass is 10.1. The van der Waals surface area contributed by atoms with E-state index in [-0.39, 0.29) is 11.9 Å². The normalized spacial score (nSPS) is 14.8. The first-order chi connectivity index (χ1) is 13.9. The topological polar surface area (TPSA) is 74.3 Å². The first-order valence-electron chi connectivity index (χ1n) is 10.2. The van der Waals surface area contributed by atoms with Gasteiger partial charge in [-0.2, -0.15) is 4.31 Å². The highest BCUT2D eigenvalue weighted by Crippen LogP contribution is 2.27. The molecule has 1 atom stereocenters. The molecule has 0 spiro atoms. The highest BCUT2D eigenvalue weighted by molar-refractivity contribution is 7.89. The van der Waals surface area contributed by atoms with Crippen LogP contribution in [0.2, 0.25) is 0 Å². The van der Waals surface area contributed by atoms with E-state index in [2.05, 4.69) is 6.07 Å². The number of hydrogen-bond donors (Lipinski definition) is 1. The van der Waals surface area contributed by atoms with Crippen LogP contribution in [0.25, 0.3) is 0 Å². The molecule has 0 bridgehead atoms. The van der Waals surface area contributed by atoms with Crippen molar-refractivity contribution < 1.29 is 18.5 Å². The van der Waals surface area contributed by atoms with E-state index in [1.165, 1.54) is 9.87 Å². The van der Waals surface area contributed by atoms with Crippen molar-refractivity contribution in [3.63, 3.8) is 0 Å². The molecular formula is C22H30N3O3S+. The summed E-state index contributed by atoms with van der Waals surface area (Å²) < 4.78 is 26.7. The van der Waals surface area contributed by atoms with Crippen LogP contribution in [0.3, 0.4) is 0 Å². The molecule has 0 fully saturated rings. The van der Waals surface area contributed by atoms with Gasteiger partial charge in [-0.1, -0.05) is 44.2 Å². The fourth-order valence-corrected chi connectivity index (χ4v) is 5.24. The number of carbonyl (C=O) groups is 1. The molecule has 0 saturated carbocycles. The Bertz CT molecular complexity index is 954. The summed E-state index contributed by atoms with van der Waals surface area (Å²) in [6.07, 6.45) is 0.903. The van der Waals surface area contributed by atoms with Crippen molar-refractivity contribution in [3.05, 3.63) is 59.7 Å². The maximum atomic E-state index is 12.7. The minimum Gasteiger partial charge on any atom is -0.333 e. The van der Waals surface area contributed by atoms with Gasteiger partial charge in [-0.3, -0.25) is 4.79 Å². The van der Waals surface area contributed by atoms with Gasteiger partial charge >= 0.3 is 0 Å². The van der Waals surface area contributed by atoms with Crippen LogP contribution < -0.4 is 10.2 Å². The van der Waals surface area contributed by atoms with Crippen LogP contribution in [-0.2, 0) is 21.2 Å². The van der Waals surface area contributed by atoms with Gasteiger partial charge in [0.1, 0.15) is 6.04 Å². The maximum Gasteiger partial charge on any atom is 0.282 e. The smallest absolute Gasteiger partial charge is 0.282 e. The standard InChI is InChI=1S/C22H29N3O3S/c1-4-24(5-2)29(27,28)20-12-10-18(11-13-20)17(3)23-16-22(26)25-15-14-19-8-6-7-9-21(19)25/h6-13,17,23H,4-5,14-16H2,1-3H3/p+1/t17-/m0/s1. The van der Waals surface area contributed by atoms with Gasteiger partial charge in [0.15, 0.2) is 6.54 Å². The van der Waals surface area contributed by atoms with Crippen molar-refractivity contribution in [3.8, 4) is 0 Å². The first-order valence-corrected chi connectivity index (χ1v) is 11.6. The number of rotatable bonds is 8. The molecule has 156 valence electrons. The predicted molar refractivity (Wildman–Crippen MR) is 114 cm³/mol. The van der Waals surface area contributed by atoms with E-state index < -0.39 is 10.0 Å². The summed E-state index contributed by atoms with van der Waals surface area (Å²) >= 11 is 0. The number of nitrogens with zero attached hydrogens (tertiary/aromatic N) is 2. The Hall–Kier alpha value is -2.22. The molecule has 2 aromatic rings. The molecule has 1 aliphatic rings. The molecule has 7 heteroatoms. The Morgan fingerprint density at radius 2 is 1.76 bits per heavy atom. The van der Waals surface area contributed by atoms with Gasteiger partial charge in [-0.25, -0.2) is 8.42 Å². The Kier molecular flexibility index (Phi) is 6.72. The van der Waals surface area contributed by atoms with Gasteiger partial charge in [-0.05, 0) is 37.1 Å². The van der Waals surface area contributed by atoms with Crippen LogP contribution in [0, 0.1) is 0 Å². The lowest BCUT2D eigenvalue weighted by Crippen LogP contribution is -2.87. The minimum absolute atomic E-state index is 0.0574. The van der Waals surface area contributed by atoms with Crippen LogP contribution in [0.1, 0.15) is 37.9 Å². The summed E-state index contributed by atoms with van der Waals surface area (Å²) in [5.41, 5.74) is 3.24. The third-order valence-electron chi connectivity index (χ3n) is 5.58. The largest absolute Gasteiger partial charge is 0.333 e. The summed E-state index contributed by atoms with van der Waals surface area (Å²) in [5, 5.41) is 2.00. The average Bonchev–Trinajstić information content (AvgIpc) is 3.17. The number of sulfonamides is 1. The third-order valence-corrected chi connectivity index (χ3v) is 7.65. The molecule has 2 N–H and O–H groups in total. The molecule has 1 heterocycles. The number of carbonyl (C=O) groups excluding carboxylic acids is 1. The van der Waals surface area contributed by atoms with E-state index in [1.54, 1.807) is 12.1 Å². The molecular weight excluding hydrogens is 386 g/mol. The number of anilines is 1. The van der Waals surface area contributed by atoms with Crippen molar-refractivity contribution in [1.29, 1.82) is 0 Å². The molecule has 29 heavy (non-hydrogen) atoms. The number of para-hydroxylation sites is 1. The van der Waals surface area contributed by atoms with Gasteiger partial charge < -0.3 is 10.2 Å². The zero-order valence-corrected chi connectivity index (χ0v) is 18.2. The fraction of sp³-hybridized carbons (Fsp3) is 0.409. The third kappa shape index (κ3) is 4.52. The number of fused-ring (bicyclic) bond motifs is 1. The van der Waals surface area contributed by atoms with Gasteiger partial charge in [0, 0.05) is 30.9 Å². The van der Waals surface area contributed by atoms with Crippen LogP contribution in [0.15, 0.2) is 53.4 Å². The van der Waals surface area contributed by atoms with E-state index in [1.807, 2.05) is 61.3 Å². The van der Waals surface area contributed by atoms with Gasteiger partial charge in [-0.15, -0.1) is 0 Å². The summed E-state index contributed by atoms with van der Waals surface area (Å²) in [6, 6.07) is 15.1. The van der Waals surface area contributed by atoms with Crippen LogP contribution >= 0.6 is 0 Å². The predicted octanol–water partition coefficient (Wildman–Crippen LogP) is 1.93. The number of amides is 1. The lowest BCUT2D eigenvalue weighted by Gasteiger charge is -2.19. The van der Waals surface area contributed by atoms with E-state index in [9.17, 15) is 13.2 Å². The van der Waals surface area contributed by atoms with Gasteiger partial charge in [0.25, 0.3) is 5.91 Å². The number of quaternary nitrogens is 1. The van der Waals surface area contributed by atoms with E-state index in [0.29, 0.717) is 24.5 Å². The number of nitrogens with two attached hydrogens (primary N) is 1. The molecule has 3 rings (SSSR count). The second-order valence-electron chi connectivity index (χ2n) is 7.31. The van der Waals surface area contributed by atoms with E-state index in [4.69, 9.17) is 0 Å². The second kappa shape index (κ2) is 9.07. The highest BCUT2D eigenvalue weighted by Gasteiger charge is 2.26. The number of hydrogen-bond acceptors (Lipinski definition) is 3. The SMILES string of the molecule is CCN(CC)S(=O)(=O)c1ccc([C@H](C)[NH2+]CC(=O)N2CCc3ccccc32)cc1. The van der Waals surface area contributed by atoms with Crippen molar-refractivity contribution in [2.75, 3.05) is 31.1 Å². The average molecular weight is 417 g/mol. The molecule has 0 aromatic heterocycles. The second-order valence-corrected chi connectivity index (χ2v) is 9.25. The Morgan fingerprint density at radius 3 is 2.41 bits per heavy atom. The summed E-state index contributed by atoms with van der Waals surface area (Å²) in [4.78, 5) is 14.8. The lowest BCUT2D eigenvalue weighted by molar-refractivity contribution is -0.682. The van der Waals surface area contributed by atoms with Crippen LogP contribution in [-0.4, -0.2) is 44.8 Å². The Morgan fingerprint density at radius 1 is 1.10 bits per heavy atom. The quantitative estimate of drug-likeness (QED) is 0.715. The summed E-state index contributed by atoms with van der Waals surface area (Å²) in [6.45, 7) is 7.69. The Balaban J connectivity index is 1.62. The van der Waals surface area contributed by atoms with Crippen molar-refractivity contribution in [2.45, 2.75) is 38.1 Å². The molecule has 0 radical (unpaired) electrons. The van der Waals surface area contributed by atoms with Gasteiger partial charge in [0.2, 0.25) is 10.0 Å². The van der Waals surface area contributed by atoms with Crippen LogP contribution in [0.5, 0.6) is 0 Å². The monoisotopic (exact) mass is 416 g/mol. The van der Waals surface area contributed by atoms with Crippen molar-refractivity contribution in [1.82, 2.24) is 4.31 Å². The molecule has 6 nitrogen and oxygen atoms in total. The molecule has 2 aromatic carbocycles. The zero-order chi connectivity index (χ0) is 21.0. The minimum atomic E-state index is -3.45. The van der Waals surface area contributed by atoms with Gasteiger partial charge in [0.05, 0.1) is 4.90 Å². The van der Waals surface area contributed by atoms with Crippen molar-refractivity contribution >= 4 is 21.6 Å².